The number of aliphatic hydroxyl groups is 1. The smallest absolute Gasteiger partial charge is 0.245 e. The fourth-order valence-corrected chi connectivity index (χ4v) is 2.70. The third kappa shape index (κ3) is 2.45. The predicted octanol–water partition coefficient (Wildman–Crippen LogP) is 1.87. The molecule has 3 nitrogen and oxygen atoms in total. The van der Waals surface area contributed by atoms with E-state index in [2.05, 4.69) is 5.32 Å². The molecule has 2 N–H and O–H groups in total. The molecule has 1 aromatic rings. The Morgan fingerprint density at radius 1 is 1.41 bits per heavy atom. The third-order valence-electron chi connectivity index (χ3n) is 3.52. The van der Waals surface area contributed by atoms with E-state index in [1.165, 1.54) is 0 Å². The maximum Gasteiger partial charge on any atom is 0.245 e. The number of nitrogens with one attached hydrogen (secondary N) is 1. The lowest BCUT2D eigenvalue weighted by Crippen LogP contribution is -2.46. The van der Waals surface area contributed by atoms with Gasteiger partial charge >= 0.3 is 0 Å². The maximum atomic E-state index is 11.1. The molecule has 0 bridgehead atoms. The first-order valence-electron chi connectivity index (χ1n) is 5.80. The molecule has 1 aromatic carbocycles. The average Bonchev–Trinajstić information content (AvgIpc) is 2.29. The number of hydrogen-bond acceptors (Lipinski definition) is 2. The van der Waals surface area contributed by atoms with E-state index >= 15 is 0 Å². The van der Waals surface area contributed by atoms with E-state index in [-0.39, 0.29) is 11.3 Å². The molecule has 2 rings (SSSR count). The second kappa shape index (κ2) is 5.07. The highest BCUT2D eigenvalue weighted by atomic mass is 35.5. The molecule has 0 radical (unpaired) electrons. The largest absolute Gasteiger partial charge is 0.387 e. The predicted molar refractivity (Wildman–Crippen MR) is 67.1 cm³/mol. The molecule has 0 atom stereocenters. The van der Waals surface area contributed by atoms with Crippen molar-refractivity contribution in [2.24, 2.45) is 0 Å². The lowest BCUT2D eigenvalue weighted by Gasteiger charge is -2.43. The Balaban J connectivity index is 2.15. The SMILES string of the molecule is O=C(CO)NCC1(c2ccccc2Cl)CCC1. The van der Waals surface area contributed by atoms with Crippen molar-refractivity contribution < 1.29 is 9.90 Å². The molecule has 1 aliphatic carbocycles. The zero-order chi connectivity index (χ0) is 12.3. The zero-order valence-corrected chi connectivity index (χ0v) is 10.3. The summed E-state index contributed by atoms with van der Waals surface area (Å²) in [5, 5.41) is 12.2. The lowest BCUT2D eigenvalue weighted by molar-refractivity contribution is -0.124. The van der Waals surface area contributed by atoms with Crippen LogP contribution in [0.25, 0.3) is 0 Å². The van der Waals surface area contributed by atoms with Crippen molar-refractivity contribution in [3.63, 3.8) is 0 Å². The van der Waals surface area contributed by atoms with E-state index in [4.69, 9.17) is 16.7 Å². The van der Waals surface area contributed by atoms with Crippen molar-refractivity contribution in [1.29, 1.82) is 0 Å². The third-order valence-corrected chi connectivity index (χ3v) is 3.85. The van der Waals surface area contributed by atoms with Crippen LogP contribution in [-0.2, 0) is 10.2 Å². The summed E-state index contributed by atoms with van der Waals surface area (Å²) < 4.78 is 0. The summed E-state index contributed by atoms with van der Waals surface area (Å²) in [7, 11) is 0. The molecule has 0 saturated heterocycles. The molecule has 1 aliphatic rings. The van der Waals surface area contributed by atoms with Gasteiger partial charge in [-0.15, -0.1) is 0 Å². The fourth-order valence-electron chi connectivity index (χ4n) is 2.36. The Kier molecular flexibility index (Phi) is 3.69. The minimum Gasteiger partial charge on any atom is -0.387 e. The molecular formula is C13H16ClNO2. The molecule has 92 valence electrons. The van der Waals surface area contributed by atoms with Crippen molar-refractivity contribution >= 4 is 17.5 Å². The molecule has 17 heavy (non-hydrogen) atoms. The summed E-state index contributed by atoms with van der Waals surface area (Å²) in [6.45, 7) is 0.0920. The average molecular weight is 254 g/mol. The van der Waals surface area contributed by atoms with Gasteiger partial charge in [-0.2, -0.15) is 0 Å². The molecule has 0 aliphatic heterocycles. The van der Waals surface area contributed by atoms with Crippen molar-refractivity contribution in [3.8, 4) is 0 Å². The van der Waals surface area contributed by atoms with Gasteiger partial charge in [-0.3, -0.25) is 4.79 Å². The van der Waals surface area contributed by atoms with Gasteiger partial charge in [-0.05, 0) is 24.5 Å². The number of benzene rings is 1. The molecule has 0 heterocycles. The van der Waals surface area contributed by atoms with Gasteiger partial charge in [0.1, 0.15) is 6.61 Å². The van der Waals surface area contributed by atoms with Gasteiger partial charge in [0.2, 0.25) is 5.91 Å². The van der Waals surface area contributed by atoms with Gasteiger partial charge in [0.05, 0.1) is 0 Å². The van der Waals surface area contributed by atoms with E-state index in [0.717, 1.165) is 29.8 Å². The first kappa shape index (κ1) is 12.4. The number of amides is 1. The number of rotatable bonds is 4. The van der Waals surface area contributed by atoms with Crippen molar-refractivity contribution in [3.05, 3.63) is 34.9 Å². The molecule has 1 fully saturated rings. The summed E-state index contributed by atoms with van der Waals surface area (Å²) in [4.78, 5) is 11.1. The standard InChI is InChI=1S/C13H16ClNO2/c14-11-5-2-1-4-10(11)13(6-3-7-13)9-15-12(17)8-16/h1-2,4-5,16H,3,6-9H2,(H,15,17). The van der Waals surface area contributed by atoms with Crippen LogP contribution in [-0.4, -0.2) is 24.2 Å². The van der Waals surface area contributed by atoms with Gasteiger partial charge in [-0.1, -0.05) is 36.2 Å². The lowest BCUT2D eigenvalue weighted by atomic mass is 9.64. The van der Waals surface area contributed by atoms with Crippen LogP contribution >= 0.6 is 11.6 Å². The van der Waals surface area contributed by atoms with Crippen LogP contribution in [0.1, 0.15) is 24.8 Å². The van der Waals surface area contributed by atoms with Crippen molar-refractivity contribution in [1.82, 2.24) is 5.32 Å². The summed E-state index contributed by atoms with van der Waals surface area (Å²) in [6, 6.07) is 7.77. The van der Waals surface area contributed by atoms with E-state index in [9.17, 15) is 4.79 Å². The second-order valence-electron chi connectivity index (χ2n) is 4.55. The molecule has 0 spiro atoms. The summed E-state index contributed by atoms with van der Waals surface area (Å²) >= 11 is 6.21. The second-order valence-corrected chi connectivity index (χ2v) is 4.96. The molecule has 0 unspecified atom stereocenters. The summed E-state index contributed by atoms with van der Waals surface area (Å²) in [6.07, 6.45) is 3.21. The summed E-state index contributed by atoms with van der Waals surface area (Å²) in [5.74, 6) is -0.330. The van der Waals surface area contributed by atoms with Gasteiger partial charge in [-0.25, -0.2) is 0 Å². The Hall–Kier alpha value is -1.06. The normalized spacial score (nSPS) is 17.3. The minimum atomic E-state index is -0.460. The van der Waals surface area contributed by atoms with Crippen LogP contribution in [0.3, 0.4) is 0 Å². The van der Waals surface area contributed by atoms with E-state index in [0.29, 0.717) is 6.54 Å². The fraction of sp³-hybridized carbons (Fsp3) is 0.462. The zero-order valence-electron chi connectivity index (χ0n) is 9.58. The van der Waals surface area contributed by atoms with E-state index < -0.39 is 6.61 Å². The monoisotopic (exact) mass is 253 g/mol. The number of aliphatic hydroxyl groups excluding tert-OH is 1. The van der Waals surface area contributed by atoms with Crippen LogP contribution in [0.15, 0.2) is 24.3 Å². The molecule has 1 saturated carbocycles. The summed E-state index contributed by atoms with van der Waals surface area (Å²) in [5.41, 5.74) is 1.06. The quantitative estimate of drug-likeness (QED) is 0.861. The van der Waals surface area contributed by atoms with Crippen LogP contribution in [0.4, 0.5) is 0 Å². The van der Waals surface area contributed by atoms with Gasteiger partial charge in [0.25, 0.3) is 0 Å². The van der Waals surface area contributed by atoms with Crippen LogP contribution < -0.4 is 5.32 Å². The van der Waals surface area contributed by atoms with Crippen LogP contribution in [0.2, 0.25) is 5.02 Å². The van der Waals surface area contributed by atoms with Gasteiger partial charge in [0.15, 0.2) is 0 Å². The number of halogens is 1. The Bertz CT molecular complexity index is 416. The Labute approximate surface area is 106 Å². The molecule has 0 aromatic heterocycles. The number of hydrogen-bond donors (Lipinski definition) is 2. The number of carbonyl (C=O) groups is 1. The van der Waals surface area contributed by atoms with E-state index in [1.54, 1.807) is 0 Å². The van der Waals surface area contributed by atoms with Crippen LogP contribution in [0.5, 0.6) is 0 Å². The maximum absolute atomic E-state index is 11.1. The van der Waals surface area contributed by atoms with E-state index in [1.807, 2.05) is 24.3 Å². The van der Waals surface area contributed by atoms with Crippen molar-refractivity contribution in [2.45, 2.75) is 24.7 Å². The minimum absolute atomic E-state index is 0.0385. The Morgan fingerprint density at radius 2 is 2.12 bits per heavy atom. The highest BCUT2D eigenvalue weighted by molar-refractivity contribution is 6.31. The first-order valence-corrected chi connectivity index (χ1v) is 6.18. The highest BCUT2D eigenvalue weighted by Gasteiger charge is 2.40. The number of carbonyl (C=O) groups excluding carboxylic acids is 1. The molecular weight excluding hydrogens is 238 g/mol. The van der Waals surface area contributed by atoms with Gasteiger partial charge in [0, 0.05) is 17.0 Å². The molecule has 4 heteroatoms. The molecule has 1 amide bonds. The highest BCUT2D eigenvalue weighted by Crippen LogP contribution is 2.45. The van der Waals surface area contributed by atoms with Crippen LogP contribution in [0, 0.1) is 0 Å². The Morgan fingerprint density at radius 3 is 2.65 bits per heavy atom. The van der Waals surface area contributed by atoms with Crippen molar-refractivity contribution in [2.75, 3.05) is 13.2 Å². The first-order chi connectivity index (χ1) is 8.18. The van der Waals surface area contributed by atoms with Gasteiger partial charge < -0.3 is 10.4 Å². The topological polar surface area (TPSA) is 49.3 Å².